The first-order valence-corrected chi connectivity index (χ1v) is 5.60. The Morgan fingerprint density at radius 3 is 2.50 bits per heavy atom. The first-order valence-electron chi connectivity index (χ1n) is 5.60. The summed E-state index contributed by atoms with van der Waals surface area (Å²) in [5, 5.41) is 3.40. The number of esters is 1. The van der Waals surface area contributed by atoms with Gasteiger partial charge in [0, 0.05) is 6.04 Å². The van der Waals surface area contributed by atoms with Crippen LogP contribution in [0.5, 0.6) is 0 Å². The van der Waals surface area contributed by atoms with Crippen LogP contribution in [0.3, 0.4) is 0 Å². The lowest BCUT2D eigenvalue weighted by Gasteiger charge is -2.13. The summed E-state index contributed by atoms with van der Waals surface area (Å²) < 4.78 is 4.65. The van der Waals surface area contributed by atoms with Crippen LogP contribution in [0.2, 0.25) is 0 Å². The highest BCUT2D eigenvalue weighted by Gasteiger charge is 2.07. The number of hydrogen-bond donors (Lipinski definition) is 1. The zero-order valence-corrected chi connectivity index (χ0v) is 10.1. The van der Waals surface area contributed by atoms with Gasteiger partial charge in [0.15, 0.2) is 0 Å². The Bertz CT molecular complexity index is 332. The minimum Gasteiger partial charge on any atom is -0.465 e. The second kappa shape index (κ2) is 6.28. The summed E-state index contributed by atoms with van der Waals surface area (Å²) >= 11 is 0. The van der Waals surface area contributed by atoms with E-state index in [-0.39, 0.29) is 5.97 Å². The minimum absolute atomic E-state index is 0.291. The van der Waals surface area contributed by atoms with Crippen molar-refractivity contribution in [1.82, 2.24) is 5.32 Å². The molecule has 3 heteroatoms. The number of nitrogens with one attached hydrogen (secondary N) is 1. The largest absolute Gasteiger partial charge is 0.465 e. The van der Waals surface area contributed by atoms with Crippen LogP contribution < -0.4 is 5.32 Å². The molecule has 0 radical (unpaired) electrons. The van der Waals surface area contributed by atoms with Gasteiger partial charge < -0.3 is 10.1 Å². The molecule has 16 heavy (non-hydrogen) atoms. The molecule has 88 valence electrons. The molecule has 1 rings (SSSR count). The predicted molar refractivity (Wildman–Crippen MR) is 64.5 cm³/mol. The van der Waals surface area contributed by atoms with E-state index in [2.05, 4.69) is 23.9 Å². The smallest absolute Gasteiger partial charge is 0.337 e. The lowest BCUT2D eigenvalue weighted by atomic mass is 10.1. The van der Waals surface area contributed by atoms with Crippen LogP contribution in [0.4, 0.5) is 0 Å². The molecule has 1 aromatic carbocycles. The molecule has 0 unspecified atom stereocenters. The molecule has 0 aliphatic heterocycles. The second-order valence-corrected chi connectivity index (χ2v) is 3.79. The third-order valence-corrected chi connectivity index (χ3v) is 2.53. The Balaban J connectivity index is 2.67. The van der Waals surface area contributed by atoms with E-state index < -0.39 is 0 Å². The van der Waals surface area contributed by atoms with E-state index in [1.54, 1.807) is 12.1 Å². The third kappa shape index (κ3) is 3.35. The van der Waals surface area contributed by atoms with Gasteiger partial charge in [0.2, 0.25) is 0 Å². The molecule has 1 aromatic rings. The highest BCUT2D eigenvalue weighted by Crippen LogP contribution is 2.13. The number of ether oxygens (including phenoxy) is 1. The normalized spacial score (nSPS) is 12.2. The van der Waals surface area contributed by atoms with Crippen LogP contribution >= 0.6 is 0 Å². The Kier molecular flexibility index (Phi) is 4.99. The van der Waals surface area contributed by atoms with Gasteiger partial charge in [-0.05, 0) is 37.6 Å². The van der Waals surface area contributed by atoms with Crippen molar-refractivity contribution < 1.29 is 9.53 Å². The Morgan fingerprint density at radius 2 is 2.00 bits per heavy atom. The van der Waals surface area contributed by atoms with E-state index in [0.717, 1.165) is 13.0 Å². The third-order valence-electron chi connectivity index (χ3n) is 2.53. The van der Waals surface area contributed by atoms with Gasteiger partial charge in [-0.1, -0.05) is 19.1 Å². The summed E-state index contributed by atoms with van der Waals surface area (Å²) in [4.78, 5) is 11.2. The van der Waals surface area contributed by atoms with Gasteiger partial charge in [-0.25, -0.2) is 4.79 Å². The molecule has 0 amide bonds. The molecule has 0 aromatic heterocycles. The van der Waals surface area contributed by atoms with Crippen LogP contribution in [0, 0.1) is 0 Å². The van der Waals surface area contributed by atoms with Crippen LogP contribution in [0.1, 0.15) is 42.2 Å². The maximum absolute atomic E-state index is 11.2. The Hall–Kier alpha value is -1.35. The highest BCUT2D eigenvalue weighted by atomic mass is 16.5. The van der Waals surface area contributed by atoms with Crippen molar-refractivity contribution in [2.24, 2.45) is 0 Å². The maximum atomic E-state index is 11.2. The van der Waals surface area contributed by atoms with E-state index in [1.807, 2.05) is 12.1 Å². The van der Waals surface area contributed by atoms with Gasteiger partial charge in [-0.15, -0.1) is 0 Å². The first kappa shape index (κ1) is 12.7. The summed E-state index contributed by atoms with van der Waals surface area (Å²) in [5.41, 5.74) is 1.77. The molecule has 0 saturated heterocycles. The quantitative estimate of drug-likeness (QED) is 0.776. The second-order valence-electron chi connectivity index (χ2n) is 3.79. The monoisotopic (exact) mass is 221 g/mol. The molecule has 1 atom stereocenters. The topological polar surface area (TPSA) is 38.3 Å². The van der Waals surface area contributed by atoms with Crippen LogP contribution in [-0.2, 0) is 4.74 Å². The summed E-state index contributed by atoms with van der Waals surface area (Å²) in [6.07, 6.45) is 1.12. The number of hydrogen-bond acceptors (Lipinski definition) is 3. The van der Waals surface area contributed by atoms with Gasteiger partial charge in [-0.2, -0.15) is 0 Å². The molecule has 0 bridgehead atoms. The van der Waals surface area contributed by atoms with Crippen molar-refractivity contribution in [3.63, 3.8) is 0 Å². The van der Waals surface area contributed by atoms with E-state index in [9.17, 15) is 4.79 Å². The standard InChI is InChI=1S/C13H19NO2/c1-4-9-14-10(2)11-5-7-12(8-6-11)13(15)16-3/h5-8,10,14H,4,9H2,1-3H3/t10-/m0/s1. The van der Waals surface area contributed by atoms with Gasteiger partial charge in [0.1, 0.15) is 0 Å². The molecule has 0 spiro atoms. The molecule has 0 fully saturated rings. The van der Waals surface area contributed by atoms with Crippen molar-refractivity contribution in [1.29, 1.82) is 0 Å². The SMILES string of the molecule is CCCN[C@@H](C)c1ccc(C(=O)OC)cc1. The molecule has 0 aliphatic rings. The van der Waals surface area contributed by atoms with Gasteiger partial charge in [0.05, 0.1) is 12.7 Å². The van der Waals surface area contributed by atoms with Crippen molar-refractivity contribution >= 4 is 5.97 Å². The zero-order valence-electron chi connectivity index (χ0n) is 10.1. The molecule has 3 nitrogen and oxygen atoms in total. The molecule has 0 aliphatic carbocycles. The molecule has 0 heterocycles. The van der Waals surface area contributed by atoms with Crippen LogP contribution in [0.15, 0.2) is 24.3 Å². The summed E-state index contributed by atoms with van der Waals surface area (Å²) in [5.74, 6) is -0.291. The fraction of sp³-hybridized carbons (Fsp3) is 0.462. The van der Waals surface area contributed by atoms with Crippen LogP contribution in [0.25, 0.3) is 0 Å². The molecule has 0 saturated carbocycles. The minimum atomic E-state index is -0.291. The van der Waals surface area contributed by atoms with Crippen LogP contribution in [-0.4, -0.2) is 19.6 Å². The summed E-state index contributed by atoms with van der Waals surface area (Å²) in [6, 6.07) is 7.82. The number of carbonyl (C=O) groups excluding carboxylic acids is 1. The average Bonchev–Trinajstić information content (AvgIpc) is 2.35. The average molecular weight is 221 g/mol. The van der Waals surface area contributed by atoms with E-state index in [1.165, 1.54) is 12.7 Å². The lowest BCUT2D eigenvalue weighted by Crippen LogP contribution is -2.19. The molecular weight excluding hydrogens is 202 g/mol. The van der Waals surface area contributed by atoms with Gasteiger partial charge in [-0.3, -0.25) is 0 Å². The number of benzene rings is 1. The van der Waals surface area contributed by atoms with E-state index >= 15 is 0 Å². The van der Waals surface area contributed by atoms with Crippen molar-refractivity contribution in [3.05, 3.63) is 35.4 Å². The molecular formula is C13H19NO2. The van der Waals surface area contributed by atoms with Crippen molar-refractivity contribution in [2.45, 2.75) is 26.3 Å². The van der Waals surface area contributed by atoms with Gasteiger partial charge >= 0.3 is 5.97 Å². The number of carbonyl (C=O) groups is 1. The number of methoxy groups -OCH3 is 1. The summed E-state index contributed by atoms with van der Waals surface area (Å²) in [7, 11) is 1.39. The zero-order chi connectivity index (χ0) is 12.0. The highest BCUT2D eigenvalue weighted by molar-refractivity contribution is 5.89. The van der Waals surface area contributed by atoms with E-state index in [0.29, 0.717) is 11.6 Å². The lowest BCUT2D eigenvalue weighted by molar-refractivity contribution is 0.0600. The first-order chi connectivity index (χ1) is 7.69. The Morgan fingerprint density at radius 1 is 1.38 bits per heavy atom. The maximum Gasteiger partial charge on any atom is 0.337 e. The van der Waals surface area contributed by atoms with E-state index in [4.69, 9.17) is 0 Å². The predicted octanol–water partition coefficient (Wildman–Crippen LogP) is 2.53. The fourth-order valence-electron chi connectivity index (χ4n) is 1.50. The summed E-state index contributed by atoms with van der Waals surface area (Å²) in [6.45, 7) is 5.25. The van der Waals surface area contributed by atoms with Crippen molar-refractivity contribution in [3.8, 4) is 0 Å². The Labute approximate surface area is 96.8 Å². The molecule has 1 N–H and O–H groups in total. The van der Waals surface area contributed by atoms with Crippen molar-refractivity contribution in [2.75, 3.05) is 13.7 Å². The van der Waals surface area contributed by atoms with Gasteiger partial charge in [0.25, 0.3) is 0 Å². The fourth-order valence-corrected chi connectivity index (χ4v) is 1.50. The number of rotatable bonds is 5.